The van der Waals surface area contributed by atoms with Gasteiger partial charge in [0.2, 0.25) is 5.91 Å². The first kappa shape index (κ1) is 14.7. The predicted octanol–water partition coefficient (Wildman–Crippen LogP) is 1.95. The highest BCUT2D eigenvalue weighted by Crippen LogP contribution is 2.23. The Morgan fingerprint density at radius 1 is 1.53 bits per heavy atom. The third-order valence-corrected chi connectivity index (χ3v) is 6.54. The molecule has 0 atom stereocenters. The molecule has 96 valence electrons. The van der Waals surface area contributed by atoms with E-state index in [-0.39, 0.29) is 0 Å². The molecule has 0 aliphatic rings. The summed E-state index contributed by atoms with van der Waals surface area (Å²) in [6, 6.07) is 1.88. The van der Waals surface area contributed by atoms with Crippen molar-refractivity contribution in [2.45, 2.75) is 25.1 Å². The third kappa shape index (κ3) is 3.29. The number of hydrogen-bond acceptors (Lipinski definition) is 4. The van der Waals surface area contributed by atoms with Gasteiger partial charge in [0, 0.05) is 15.6 Å². The minimum Gasteiger partial charge on any atom is -0.350 e. The van der Waals surface area contributed by atoms with E-state index in [2.05, 4.69) is 21.2 Å². The fourth-order valence-electron chi connectivity index (χ4n) is 0.993. The summed E-state index contributed by atoms with van der Waals surface area (Å²) in [4.78, 5) is 12.8. The van der Waals surface area contributed by atoms with Crippen LogP contribution in [0, 0.1) is 0 Å². The number of halogens is 1. The minimum absolute atomic E-state index is 0.329. The molecule has 1 aromatic heterocycles. The van der Waals surface area contributed by atoms with Crippen molar-refractivity contribution in [2.75, 3.05) is 6.26 Å². The van der Waals surface area contributed by atoms with Crippen LogP contribution in [0.2, 0.25) is 0 Å². The average Bonchev–Trinajstić information content (AvgIpc) is 2.58. The molecule has 0 aliphatic heterocycles. The van der Waals surface area contributed by atoms with E-state index in [1.54, 1.807) is 0 Å². The van der Waals surface area contributed by atoms with E-state index in [0.29, 0.717) is 6.54 Å². The molecule has 1 heterocycles. The number of nitrogens with one attached hydrogen (secondary N) is 1. The van der Waals surface area contributed by atoms with Crippen LogP contribution in [0.3, 0.4) is 0 Å². The van der Waals surface area contributed by atoms with Gasteiger partial charge in [0.05, 0.1) is 6.54 Å². The van der Waals surface area contributed by atoms with Crippen molar-refractivity contribution in [3.05, 3.63) is 20.8 Å². The van der Waals surface area contributed by atoms with E-state index >= 15 is 0 Å². The molecular formula is C10H14BrNO3S2. The van der Waals surface area contributed by atoms with Gasteiger partial charge in [-0.1, -0.05) is 0 Å². The molecule has 1 aromatic rings. The second kappa shape index (κ2) is 5.07. The molecule has 1 amide bonds. The molecule has 0 unspecified atom stereocenters. The molecule has 0 saturated heterocycles. The van der Waals surface area contributed by atoms with Gasteiger partial charge in [-0.05, 0) is 41.2 Å². The molecule has 0 radical (unpaired) electrons. The minimum atomic E-state index is -3.42. The van der Waals surface area contributed by atoms with Crippen LogP contribution in [0.4, 0.5) is 0 Å². The topological polar surface area (TPSA) is 63.2 Å². The SMILES string of the molecule is CC(C)(C(=O)NCc1sccc1Br)S(C)(=O)=O. The van der Waals surface area contributed by atoms with Crippen LogP contribution in [-0.4, -0.2) is 25.3 Å². The van der Waals surface area contributed by atoms with Gasteiger partial charge < -0.3 is 5.32 Å². The van der Waals surface area contributed by atoms with Gasteiger partial charge in [0.15, 0.2) is 9.84 Å². The van der Waals surface area contributed by atoms with Crippen LogP contribution < -0.4 is 5.32 Å². The Bertz CT molecular complexity index is 519. The number of amides is 1. The Labute approximate surface area is 113 Å². The normalized spacial score (nSPS) is 12.5. The molecule has 17 heavy (non-hydrogen) atoms. The fourth-order valence-corrected chi connectivity index (χ4v) is 2.83. The largest absolute Gasteiger partial charge is 0.350 e. The molecule has 4 nitrogen and oxygen atoms in total. The summed E-state index contributed by atoms with van der Waals surface area (Å²) in [6.07, 6.45) is 1.06. The lowest BCUT2D eigenvalue weighted by Crippen LogP contribution is -2.47. The van der Waals surface area contributed by atoms with Gasteiger partial charge in [0.1, 0.15) is 4.75 Å². The average molecular weight is 340 g/mol. The second-order valence-electron chi connectivity index (χ2n) is 4.16. The molecule has 1 N–H and O–H groups in total. The first-order valence-corrected chi connectivity index (χ1v) is 8.42. The standard InChI is InChI=1S/C10H14BrNO3S2/c1-10(2,17(3,14)15)9(13)12-6-8-7(11)4-5-16-8/h4-5H,6H2,1-3H3,(H,12,13). The Balaban J connectivity index is 2.72. The number of carbonyl (C=O) groups is 1. The molecule has 0 fully saturated rings. The maximum atomic E-state index is 11.8. The number of carbonyl (C=O) groups excluding carboxylic acids is 1. The quantitative estimate of drug-likeness (QED) is 0.911. The van der Waals surface area contributed by atoms with Gasteiger partial charge in [-0.25, -0.2) is 8.42 Å². The molecular weight excluding hydrogens is 326 g/mol. The highest BCUT2D eigenvalue weighted by molar-refractivity contribution is 9.10. The first-order valence-electron chi connectivity index (χ1n) is 4.86. The summed E-state index contributed by atoms with van der Waals surface area (Å²) >= 11 is 4.85. The van der Waals surface area contributed by atoms with E-state index in [9.17, 15) is 13.2 Å². The van der Waals surface area contributed by atoms with Gasteiger partial charge in [-0.15, -0.1) is 11.3 Å². The van der Waals surface area contributed by atoms with Crippen molar-refractivity contribution >= 4 is 43.0 Å². The lowest BCUT2D eigenvalue weighted by atomic mass is 10.2. The summed E-state index contributed by atoms with van der Waals surface area (Å²) in [6.45, 7) is 3.14. The fraction of sp³-hybridized carbons (Fsp3) is 0.500. The molecule has 0 aromatic carbocycles. The van der Waals surface area contributed by atoms with Crippen LogP contribution in [0.15, 0.2) is 15.9 Å². The van der Waals surface area contributed by atoms with Crippen LogP contribution in [-0.2, 0) is 21.2 Å². The third-order valence-electron chi connectivity index (χ3n) is 2.57. The van der Waals surface area contributed by atoms with Gasteiger partial charge in [-0.3, -0.25) is 4.79 Å². The smallest absolute Gasteiger partial charge is 0.241 e. The van der Waals surface area contributed by atoms with Gasteiger partial charge >= 0.3 is 0 Å². The number of thiophene rings is 1. The lowest BCUT2D eigenvalue weighted by Gasteiger charge is -2.21. The molecule has 7 heteroatoms. The van der Waals surface area contributed by atoms with Crippen LogP contribution in [0.5, 0.6) is 0 Å². The van der Waals surface area contributed by atoms with Crippen molar-refractivity contribution in [3.63, 3.8) is 0 Å². The summed E-state index contributed by atoms with van der Waals surface area (Å²) in [5.41, 5.74) is 0. The van der Waals surface area contributed by atoms with Crippen molar-refractivity contribution in [3.8, 4) is 0 Å². The Hall–Kier alpha value is -0.400. The van der Waals surface area contributed by atoms with Crippen molar-refractivity contribution in [1.29, 1.82) is 0 Å². The molecule has 0 bridgehead atoms. The summed E-state index contributed by atoms with van der Waals surface area (Å²) in [7, 11) is -3.42. The molecule has 0 aliphatic carbocycles. The molecule has 1 rings (SSSR count). The highest BCUT2D eigenvalue weighted by atomic mass is 79.9. The van der Waals surface area contributed by atoms with E-state index < -0.39 is 20.5 Å². The van der Waals surface area contributed by atoms with E-state index in [1.807, 2.05) is 11.4 Å². The van der Waals surface area contributed by atoms with Crippen molar-refractivity contribution < 1.29 is 13.2 Å². The monoisotopic (exact) mass is 339 g/mol. The maximum Gasteiger partial charge on any atom is 0.241 e. The zero-order valence-electron chi connectivity index (χ0n) is 9.78. The van der Waals surface area contributed by atoms with Crippen LogP contribution in [0.25, 0.3) is 0 Å². The zero-order valence-corrected chi connectivity index (χ0v) is 13.0. The molecule has 0 saturated carbocycles. The Morgan fingerprint density at radius 2 is 2.12 bits per heavy atom. The zero-order chi connectivity index (χ0) is 13.3. The lowest BCUT2D eigenvalue weighted by molar-refractivity contribution is -0.123. The molecule has 0 spiro atoms. The van der Waals surface area contributed by atoms with Gasteiger partial charge in [0.25, 0.3) is 0 Å². The van der Waals surface area contributed by atoms with E-state index in [0.717, 1.165) is 15.6 Å². The van der Waals surface area contributed by atoms with Crippen LogP contribution in [0.1, 0.15) is 18.7 Å². The van der Waals surface area contributed by atoms with Gasteiger partial charge in [-0.2, -0.15) is 0 Å². The second-order valence-corrected chi connectivity index (χ2v) is 8.58. The number of rotatable bonds is 4. The summed E-state index contributed by atoms with van der Waals surface area (Å²) in [5.74, 6) is -0.486. The summed E-state index contributed by atoms with van der Waals surface area (Å²) < 4.78 is 22.4. The van der Waals surface area contributed by atoms with Crippen molar-refractivity contribution in [2.24, 2.45) is 0 Å². The van der Waals surface area contributed by atoms with E-state index in [4.69, 9.17) is 0 Å². The number of sulfone groups is 1. The van der Waals surface area contributed by atoms with Crippen LogP contribution >= 0.6 is 27.3 Å². The van der Waals surface area contributed by atoms with Crippen molar-refractivity contribution in [1.82, 2.24) is 5.32 Å². The summed E-state index contributed by atoms with van der Waals surface area (Å²) in [5, 5.41) is 4.53. The van der Waals surface area contributed by atoms with E-state index in [1.165, 1.54) is 25.2 Å². The maximum absolute atomic E-state index is 11.8. The predicted molar refractivity (Wildman–Crippen MR) is 72.8 cm³/mol. The Morgan fingerprint density at radius 3 is 2.53 bits per heavy atom. The number of hydrogen-bond donors (Lipinski definition) is 1. The highest BCUT2D eigenvalue weighted by Gasteiger charge is 2.38. The Kier molecular flexibility index (Phi) is 4.38. The first-order chi connectivity index (χ1) is 7.66.